The quantitative estimate of drug-likeness (QED) is 0.0396. The number of piperidine rings is 2. The number of fused-ring (bicyclic) bond motifs is 5. The number of imide groups is 1. The number of ether oxygens (including phenoxy) is 2. The predicted octanol–water partition coefficient (Wildman–Crippen LogP) is 10.1. The van der Waals surface area contributed by atoms with Crippen LogP contribution in [0.5, 0.6) is 5.75 Å². The van der Waals surface area contributed by atoms with Gasteiger partial charge in [0.15, 0.2) is 34.0 Å². The van der Waals surface area contributed by atoms with Crippen molar-refractivity contribution in [2.45, 2.75) is 147 Å². The van der Waals surface area contributed by atoms with E-state index in [1.807, 2.05) is 68.1 Å². The molecule has 0 radical (unpaired) electrons. The number of likely N-dealkylation sites (tertiary alicyclic amines) is 1. The fourth-order valence-electron chi connectivity index (χ4n) is 17.0. The second kappa shape index (κ2) is 34.1. The van der Waals surface area contributed by atoms with E-state index >= 15 is 8.78 Å². The Morgan fingerprint density at radius 1 is 0.593 bits per heavy atom. The highest BCUT2D eigenvalue weighted by Gasteiger charge is 2.42. The molecule has 7 aliphatic heterocycles. The Morgan fingerprint density at radius 2 is 1.13 bits per heavy atom. The summed E-state index contributed by atoms with van der Waals surface area (Å²) >= 11 is 2.64. The highest BCUT2D eigenvalue weighted by Crippen LogP contribution is 2.39. The van der Waals surface area contributed by atoms with Crippen LogP contribution in [0, 0.1) is 11.6 Å². The molecule has 30 nitrogen and oxygen atoms in total. The van der Waals surface area contributed by atoms with Crippen molar-refractivity contribution in [1.82, 2.24) is 83.5 Å². The molecule has 612 valence electrons. The van der Waals surface area contributed by atoms with Gasteiger partial charge in [0.2, 0.25) is 17.7 Å². The van der Waals surface area contributed by atoms with E-state index in [2.05, 4.69) is 79.8 Å². The first-order valence-corrected chi connectivity index (χ1v) is 42.2. The van der Waals surface area contributed by atoms with E-state index in [9.17, 15) is 33.6 Å². The number of thiazole rings is 2. The molecule has 0 unspecified atom stereocenters. The lowest BCUT2D eigenvalue weighted by Crippen LogP contribution is -2.52. The molecule has 3 N–H and O–H groups in total. The summed E-state index contributed by atoms with van der Waals surface area (Å²) in [6.07, 6.45) is 21.3. The normalized spacial score (nSPS) is 17.8. The molecule has 11 aromatic rings. The number of hydrogen-bond acceptors (Lipinski definition) is 23. The molecule has 6 amide bonds. The fourth-order valence-corrected chi connectivity index (χ4v) is 18.0. The van der Waals surface area contributed by atoms with Gasteiger partial charge in [-0.15, -0.1) is 22.7 Å². The Morgan fingerprint density at radius 3 is 1.62 bits per heavy atom. The highest BCUT2D eigenvalue weighted by molar-refractivity contribution is 7.14. The topological polar surface area (TPSA) is 316 Å². The van der Waals surface area contributed by atoms with Crippen LogP contribution in [0.2, 0.25) is 0 Å². The van der Waals surface area contributed by atoms with Gasteiger partial charge in [-0.1, -0.05) is 30.3 Å². The molecule has 15 heterocycles. The second-order valence-corrected chi connectivity index (χ2v) is 33.6. The number of anilines is 4. The number of nitrogens with one attached hydrogen (secondary N) is 3. The van der Waals surface area contributed by atoms with Gasteiger partial charge in [-0.05, 0) is 115 Å². The van der Waals surface area contributed by atoms with Gasteiger partial charge in [-0.2, -0.15) is 10.2 Å². The molecular formula is C84H91F2N21O9S2. The number of rotatable bonds is 23. The summed E-state index contributed by atoms with van der Waals surface area (Å²) in [5, 5.41) is 23.1. The number of nitrogens with zero attached hydrogens (tertiary/aromatic N) is 18. The summed E-state index contributed by atoms with van der Waals surface area (Å²) in [5.41, 5.74) is 6.34. The van der Waals surface area contributed by atoms with Crippen molar-refractivity contribution in [1.29, 1.82) is 0 Å². The van der Waals surface area contributed by atoms with Gasteiger partial charge in [0.1, 0.15) is 46.2 Å². The van der Waals surface area contributed by atoms with E-state index < -0.39 is 41.3 Å². The molecule has 8 aromatic heterocycles. The second-order valence-electron chi connectivity index (χ2n) is 31.8. The number of pyridine rings is 2. The summed E-state index contributed by atoms with van der Waals surface area (Å²) in [6, 6.07) is 17.6. The first kappa shape index (κ1) is 78.8. The zero-order valence-corrected chi connectivity index (χ0v) is 67.5. The smallest absolute Gasteiger partial charge is 0.306 e. The molecule has 0 spiro atoms. The third-order valence-electron chi connectivity index (χ3n) is 23.0. The Kier molecular flexibility index (Phi) is 22.7. The van der Waals surface area contributed by atoms with Crippen molar-refractivity contribution >= 4 is 108 Å². The lowest BCUT2D eigenvalue weighted by atomic mass is 10.0. The highest BCUT2D eigenvalue weighted by atomic mass is 32.1. The Balaban J connectivity index is 0.000000179. The van der Waals surface area contributed by atoms with Gasteiger partial charge in [0.25, 0.3) is 17.7 Å². The van der Waals surface area contributed by atoms with Crippen LogP contribution in [-0.2, 0) is 66.0 Å². The molecule has 34 heteroatoms. The van der Waals surface area contributed by atoms with Crippen LogP contribution in [0.3, 0.4) is 0 Å². The summed E-state index contributed by atoms with van der Waals surface area (Å²) in [7, 11) is 0. The average Bonchev–Trinajstić information content (AvgIpc) is 1.63. The van der Waals surface area contributed by atoms with Crippen molar-refractivity contribution in [3.05, 3.63) is 173 Å². The monoisotopic (exact) mass is 1640 g/mol. The van der Waals surface area contributed by atoms with Crippen LogP contribution in [0.15, 0.2) is 127 Å². The minimum absolute atomic E-state index is 0.103. The maximum atomic E-state index is 16.4. The number of carbonyl (C=O) groups excluding carboxylic acids is 7. The number of hydrogen-bond donors (Lipinski definition) is 3. The first-order valence-electron chi connectivity index (χ1n) is 40.4. The Hall–Kier alpha value is -11.8. The molecule has 18 rings (SSSR count). The van der Waals surface area contributed by atoms with Crippen molar-refractivity contribution in [2.75, 3.05) is 99.0 Å². The molecule has 0 saturated carbocycles. The number of benzene rings is 3. The predicted molar refractivity (Wildman–Crippen MR) is 439 cm³/mol. The number of piperazine rings is 2. The van der Waals surface area contributed by atoms with Crippen molar-refractivity contribution in [3.8, 4) is 28.0 Å². The standard InChI is InChI=1S/C49H51FN12O6S.C35H40FN9O3S/c50-42-33(10-8-31-27-62(56-43(31)42)45(47(66)55-49-51-16-25-69-49)44-36-5-2-18-60(36)29-53-44)30-9-12-39(52-26-30)58-23-21-57(22-24-58)17-3-7-41(64)59-19-14-32(15-20-59)68-38-6-1-4-34-35(38)28-61(48(34)67)37-11-13-40(63)54-46(37)65;1-35(2,3)48-28(46)7-5-13-42-15-17-43(18-16-42)27-11-9-23(20-38-27)25-10-8-24-21-45(41-30(24)29(25)36)32(33(47)40-34-37-12-19-49-34)31-26-6-4-14-44(26)22-39-31/h1,4,6,8-10,12,16,25-27,29,32,37,45H,2-3,5,7,11,13-15,17-24,28H2,(H,51,55,66)(H,54,63,65);8-12,19-22,32H,4-7,13-18H2,1-3H3,(H,37,40,47)/t37-,45-;32-/m11/s1. The molecule has 0 aliphatic carbocycles. The summed E-state index contributed by atoms with van der Waals surface area (Å²) < 4.78 is 51.5. The van der Waals surface area contributed by atoms with E-state index in [0.29, 0.717) is 111 Å². The number of imidazole rings is 2. The first-order chi connectivity index (χ1) is 57.3. The summed E-state index contributed by atoms with van der Waals surface area (Å²) in [6.45, 7) is 17.0. The van der Waals surface area contributed by atoms with Gasteiger partial charge >= 0.3 is 5.97 Å². The number of amides is 6. The zero-order valence-electron chi connectivity index (χ0n) is 65.8. The third-order valence-corrected chi connectivity index (χ3v) is 24.4. The van der Waals surface area contributed by atoms with Crippen molar-refractivity contribution in [2.24, 2.45) is 0 Å². The van der Waals surface area contributed by atoms with E-state index in [0.717, 1.165) is 146 Å². The van der Waals surface area contributed by atoms with Gasteiger partial charge < -0.3 is 38.2 Å². The maximum Gasteiger partial charge on any atom is 0.306 e. The number of aryl methyl sites for hydroxylation is 2. The van der Waals surface area contributed by atoms with E-state index in [1.165, 1.54) is 36.9 Å². The van der Waals surface area contributed by atoms with Gasteiger partial charge in [-0.3, -0.25) is 68.7 Å². The molecule has 118 heavy (non-hydrogen) atoms. The van der Waals surface area contributed by atoms with Crippen LogP contribution in [0.25, 0.3) is 44.1 Å². The Labute approximate surface area is 686 Å². The summed E-state index contributed by atoms with van der Waals surface area (Å²) in [5.74, 6) is -0.387. The molecule has 7 aliphatic rings. The zero-order chi connectivity index (χ0) is 81.3. The SMILES string of the molecule is CC(C)(C)OC(=O)CCCN1CCN(c2ccc(-c3ccc4cn([C@@H](C(=O)Nc5nccs5)c5ncn6c5CCC6)nc4c3F)cn2)CC1.O=C1CC[C@@H](N2Cc3c(OC4CCN(C(=O)CCCN5CCN(c6ccc(-c7ccc8cn([C@@H](C(=O)Nc9nccs9)c9ncn%10c9CCC%10)nc8c7F)cn6)CC5)CC4)cccc3C2=O)C(=O)N1. The number of carbonyl (C=O) groups is 7. The van der Waals surface area contributed by atoms with Gasteiger partial charge in [-0.25, -0.2) is 38.7 Å². The van der Waals surface area contributed by atoms with Crippen LogP contribution in [0.4, 0.5) is 30.7 Å². The lowest BCUT2D eigenvalue weighted by molar-refractivity contribution is -0.155. The van der Waals surface area contributed by atoms with Crippen LogP contribution < -0.4 is 30.5 Å². The largest absolute Gasteiger partial charge is 0.490 e. The fraction of sp³-hybridized carbons (Fsp3) is 0.417. The Bertz CT molecular complexity index is 5550. The van der Waals surface area contributed by atoms with Crippen molar-refractivity contribution < 1.29 is 51.8 Å². The maximum absolute atomic E-state index is 16.4. The molecule has 0 bridgehead atoms. The molecule has 4 saturated heterocycles. The number of esters is 1. The van der Waals surface area contributed by atoms with Gasteiger partial charge in [0, 0.05) is 214 Å². The van der Waals surface area contributed by atoms with E-state index in [-0.39, 0.29) is 65.6 Å². The van der Waals surface area contributed by atoms with Crippen LogP contribution in [0.1, 0.15) is 136 Å². The minimum atomic E-state index is -0.914. The van der Waals surface area contributed by atoms with Crippen LogP contribution in [-0.4, -0.2) is 216 Å². The molecule has 4 fully saturated rings. The molecule has 3 atom stereocenters. The number of halogens is 2. The van der Waals surface area contributed by atoms with Crippen molar-refractivity contribution in [3.63, 3.8) is 0 Å². The number of aromatic nitrogens is 12. The van der Waals surface area contributed by atoms with Crippen LogP contribution >= 0.6 is 22.7 Å². The average molecular weight is 1640 g/mol. The molecule has 3 aromatic carbocycles. The summed E-state index contributed by atoms with van der Waals surface area (Å²) in [4.78, 5) is 130. The van der Waals surface area contributed by atoms with E-state index in [4.69, 9.17) is 14.5 Å². The van der Waals surface area contributed by atoms with Gasteiger partial charge in [0.05, 0.1) is 30.6 Å². The minimum Gasteiger partial charge on any atom is -0.490 e. The third kappa shape index (κ3) is 16.9. The molecular weight excluding hydrogens is 1550 g/mol. The lowest BCUT2D eigenvalue weighted by Gasteiger charge is -2.35. The van der Waals surface area contributed by atoms with E-state index in [1.54, 1.807) is 84.9 Å².